The van der Waals surface area contributed by atoms with Gasteiger partial charge in [0.25, 0.3) is 11.6 Å². The number of nitro groups is 1. The van der Waals surface area contributed by atoms with Crippen molar-refractivity contribution in [2.75, 3.05) is 5.32 Å². The number of carbonyl (C=O) groups excluding carboxylic acids is 1. The highest BCUT2D eigenvalue weighted by Crippen LogP contribution is 2.28. The highest BCUT2D eigenvalue weighted by molar-refractivity contribution is 9.10. The van der Waals surface area contributed by atoms with Crippen molar-refractivity contribution in [2.24, 2.45) is 0 Å². The molecule has 0 saturated heterocycles. The number of aromatic nitrogens is 1. The molecule has 0 aliphatic heterocycles. The molecule has 0 aliphatic rings. The Morgan fingerprint density at radius 3 is 2.86 bits per heavy atom. The summed E-state index contributed by atoms with van der Waals surface area (Å²) in [7, 11) is 0. The van der Waals surface area contributed by atoms with Crippen LogP contribution in [0.2, 0.25) is 0 Å². The number of fused-ring (bicyclic) bond motifs is 1. The van der Waals surface area contributed by atoms with E-state index in [0.717, 1.165) is 14.7 Å². The summed E-state index contributed by atoms with van der Waals surface area (Å²) in [6.07, 6.45) is 0. The quantitative estimate of drug-likeness (QED) is 0.546. The van der Waals surface area contributed by atoms with Gasteiger partial charge in [-0.05, 0) is 24.3 Å². The van der Waals surface area contributed by atoms with Gasteiger partial charge in [-0.15, -0.1) is 0 Å². The molecule has 0 saturated carbocycles. The van der Waals surface area contributed by atoms with E-state index in [-0.39, 0.29) is 11.3 Å². The summed E-state index contributed by atoms with van der Waals surface area (Å²) in [6, 6.07) is 11.2. The minimum Gasteiger partial charge on any atom is -0.298 e. The number of amides is 1. The summed E-state index contributed by atoms with van der Waals surface area (Å²) in [4.78, 5) is 26.7. The minimum absolute atomic E-state index is 0.124. The Morgan fingerprint density at radius 2 is 2.09 bits per heavy atom. The second-order valence-electron chi connectivity index (χ2n) is 4.39. The number of rotatable bonds is 3. The summed E-state index contributed by atoms with van der Waals surface area (Å²) >= 11 is 4.72. The maximum atomic E-state index is 12.2. The molecule has 0 fully saturated rings. The van der Waals surface area contributed by atoms with E-state index in [9.17, 15) is 14.9 Å². The van der Waals surface area contributed by atoms with Gasteiger partial charge in [0, 0.05) is 22.2 Å². The number of hydrogen-bond donors (Lipinski definition) is 1. The lowest BCUT2D eigenvalue weighted by Gasteiger charge is -2.01. The SMILES string of the molecule is O=C(Nc1nc2ccc(Br)cc2s1)c1cccc([N+](=O)[O-])c1. The van der Waals surface area contributed by atoms with Gasteiger partial charge >= 0.3 is 0 Å². The molecular weight excluding hydrogens is 370 g/mol. The van der Waals surface area contributed by atoms with Crippen LogP contribution in [0, 0.1) is 10.1 Å². The number of halogens is 1. The lowest BCUT2D eigenvalue weighted by atomic mass is 10.2. The van der Waals surface area contributed by atoms with Crippen LogP contribution in [-0.4, -0.2) is 15.8 Å². The smallest absolute Gasteiger partial charge is 0.270 e. The number of benzene rings is 2. The summed E-state index contributed by atoms with van der Waals surface area (Å²) in [5.74, 6) is -0.429. The van der Waals surface area contributed by atoms with Gasteiger partial charge in [-0.1, -0.05) is 33.3 Å². The predicted molar refractivity (Wildman–Crippen MR) is 88.4 cm³/mol. The van der Waals surface area contributed by atoms with Crippen molar-refractivity contribution >= 4 is 54.2 Å². The second kappa shape index (κ2) is 5.82. The fraction of sp³-hybridized carbons (Fsp3) is 0. The molecule has 110 valence electrons. The third-order valence-corrected chi connectivity index (χ3v) is 4.32. The van der Waals surface area contributed by atoms with Gasteiger partial charge in [-0.3, -0.25) is 20.2 Å². The first-order valence-electron chi connectivity index (χ1n) is 6.15. The van der Waals surface area contributed by atoms with Gasteiger partial charge in [0.15, 0.2) is 5.13 Å². The van der Waals surface area contributed by atoms with E-state index in [1.807, 2.05) is 18.2 Å². The molecule has 3 rings (SSSR count). The molecule has 0 bridgehead atoms. The van der Waals surface area contributed by atoms with Crippen LogP contribution in [0.1, 0.15) is 10.4 Å². The number of carbonyl (C=O) groups is 1. The Balaban J connectivity index is 1.86. The van der Waals surface area contributed by atoms with Crippen LogP contribution in [0.15, 0.2) is 46.9 Å². The normalized spacial score (nSPS) is 10.6. The Bertz CT molecular complexity index is 894. The molecular formula is C14H8BrN3O3S. The van der Waals surface area contributed by atoms with E-state index in [1.54, 1.807) is 0 Å². The highest BCUT2D eigenvalue weighted by atomic mass is 79.9. The van der Waals surface area contributed by atoms with Crippen LogP contribution in [0.3, 0.4) is 0 Å². The van der Waals surface area contributed by atoms with Crippen molar-refractivity contribution in [3.05, 3.63) is 62.6 Å². The van der Waals surface area contributed by atoms with E-state index in [1.165, 1.54) is 35.6 Å². The lowest BCUT2D eigenvalue weighted by molar-refractivity contribution is -0.384. The first-order chi connectivity index (χ1) is 10.5. The van der Waals surface area contributed by atoms with E-state index in [2.05, 4.69) is 26.2 Å². The molecule has 2 aromatic carbocycles. The monoisotopic (exact) mass is 377 g/mol. The number of nitrogens with one attached hydrogen (secondary N) is 1. The first kappa shape index (κ1) is 14.6. The van der Waals surface area contributed by atoms with E-state index < -0.39 is 10.8 Å². The van der Waals surface area contributed by atoms with Gasteiger partial charge in [-0.2, -0.15) is 0 Å². The molecule has 0 atom stereocenters. The molecule has 1 heterocycles. The highest BCUT2D eigenvalue weighted by Gasteiger charge is 2.13. The molecule has 1 aromatic heterocycles. The van der Waals surface area contributed by atoms with Crippen LogP contribution in [0.25, 0.3) is 10.2 Å². The fourth-order valence-electron chi connectivity index (χ4n) is 1.88. The molecule has 1 N–H and O–H groups in total. The van der Waals surface area contributed by atoms with Crippen LogP contribution in [0.5, 0.6) is 0 Å². The third kappa shape index (κ3) is 2.97. The van der Waals surface area contributed by atoms with Gasteiger partial charge in [0.2, 0.25) is 0 Å². The maximum absolute atomic E-state index is 12.2. The molecule has 6 nitrogen and oxygen atoms in total. The molecule has 0 spiro atoms. The minimum atomic E-state index is -0.536. The Morgan fingerprint density at radius 1 is 1.27 bits per heavy atom. The topological polar surface area (TPSA) is 85.1 Å². The number of nitro benzene ring substituents is 1. The molecule has 3 aromatic rings. The zero-order valence-electron chi connectivity index (χ0n) is 10.9. The number of thiazole rings is 1. The van der Waals surface area contributed by atoms with Gasteiger partial charge < -0.3 is 0 Å². The fourth-order valence-corrected chi connectivity index (χ4v) is 3.29. The number of hydrogen-bond acceptors (Lipinski definition) is 5. The van der Waals surface area contributed by atoms with Gasteiger partial charge in [0.1, 0.15) is 0 Å². The summed E-state index contributed by atoms with van der Waals surface area (Å²) in [5.41, 5.74) is 0.873. The van der Waals surface area contributed by atoms with Crippen LogP contribution >= 0.6 is 27.3 Å². The predicted octanol–water partition coefficient (Wildman–Crippen LogP) is 4.22. The number of non-ortho nitro benzene ring substituents is 1. The molecule has 0 aliphatic carbocycles. The van der Waals surface area contributed by atoms with E-state index >= 15 is 0 Å². The van der Waals surface area contributed by atoms with Gasteiger partial charge in [0.05, 0.1) is 15.1 Å². The van der Waals surface area contributed by atoms with Crippen LogP contribution < -0.4 is 5.32 Å². The third-order valence-electron chi connectivity index (χ3n) is 2.89. The standard InChI is InChI=1S/C14H8BrN3O3S/c15-9-4-5-11-12(7-9)22-14(16-11)17-13(19)8-2-1-3-10(6-8)18(20)21/h1-7H,(H,16,17,19). The molecule has 22 heavy (non-hydrogen) atoms. The maximum Gasteiger partial charge on any atom is 0.270 e. The zero-order valence-corrected chi connectivity index (χ0v) is 13.3. The molecule has 0 unspecified atom stereocenters. The Labute approximate surface area is 137 Å². The average molecular weight is 378 g/mol. The average Bonchev–Trinajstić information content (AvgIpc) is 2.88. The summed E-state index contributed by atoms with van der Waals surface area (Å²) in [5, 5.41) is 13.9. The summed E-state index contributed by atoms with van der Waals surface area (Å²) < 4.78 is 1.86. The largest absolute Gasteiger partial charge is 0.298 e. The summed E-state index contributed by atoms with van der Waals surface area (Å²) in [6.45, 7) is 0. The molecule has 1 amide bonds. The molecule has 0 radical (unpaired) electrons. The van der Waals surface area contributed by atoms with Crippen LogP contribution in [-0.2, 0) is 0 Å². The van der Waals surface area contributed by atoms with E-state index in [4.69, 9.17) is 0 Å². The molecule has 8 heteroatoms. The Hall–Kier alpha value is -2.32. The van der Waals surface area contributed by atoms with E-state index in [0.29, 0.717) is 5.13 Å². The first-order valence-corrected chi connectivity index (χ1v) is 7.76. The second-order valence-corrected chi connectivity index (χ2v) is 6.34. The zero-order chi connectivity index (χ0) is 15.7. The van der Waals surface area contributed by atoms with Crippen molar-refractivity contribution in [3.63, 3.8) is 0 Å². The lowest BCUT2D eigenvalue weighted by Crippen LogP contribution is -2.11. The van der Waals surface area contributed by atoms with Crippen molar-refractivity contribution in [2.45, 2.75) is 0 Å². The van der Waals surface area contributed by atoms with Gasteiger partial charge in [-0.25, -0.2) is 4.98 Å². The Kier molecular flexibility index (Phi) is 3.86. The van der Waals surface area contributed by atoms with Crippen molar-refractivity contribution in [3.8, 4) is 0 Å². The van der Waals surface area contributed by atoms with Crippen molar-refractivity contribution in [1.29, 1.82) is 0 Å². The number of nitrogens with zero attached hydrogens (tertiary/aromatic N) is 2. The van der Waals surface area contributed by atoms with Crippen molar-refractivity contribution < 1.29 is 9.72 Å². The van der Waals surface area contributed by atoms with Crippen molar-refractivity contribution in [1.82, 2.24) is 4.98 Å². The number of anilines is 1. The van der Waals surface area contributed by atoms with Crippen LogP contribution in [0.4, 0.5) is 10.8 Å².